The van der Waals surface area contributed by atoms with E-state index in [0.29, 0.717) is 14.8 Å². The van der Waals surface area contributed by atoms with Crippen molar-refractivity contribution in [3.8, 4) is 0 Å². The van der Waals surface area contributed by atoms with Gasteiger partial charge in [0.1, 0.15) is 0 Å². The molecule has 1 amide bonds. The quantitative estimate of drug-likeness (QED) is 0.642. The van der Waals surface area contributed by atoms with E-state index < -0.39 is 5.97 Å². The molecule has 0 atom stereocenters. The number of thioether (sulfide) groups is 1. The van der Waals surface area contributed by atoms with E-state index in [4.69, 9.17) is 12.2 Å². The largest absolute Gasteiger partial charge is 0.478 e. The van der Waals surface area contributed by atoms with Crippen molar-refractivity contribution in [2.75, 3.05) is 4.90 Å². The van der Waals surface area contributed by atoms with Crippen LogP contribution in [0.25, 0.3) is 6.08 Å². The molecule has 1 saturated heterocycles. The lowest BCUT2D eigenvalue weighted by Crippen LogP contribution is -2.28. The minimum absolute atomic E-state index is 0.152. The molecule has 1 aliphatic heterocycles. The van der Waals surface area contributed by atoms with E-state index in [9.17, 15) is 14.7 Å². The standard InChI is InChI=1S/C19H15NO3S2/c1-11-7-8-15(12(2)9-11)20-17(21)16(25-19(20)24)10-13-5-3-4-6-14(13)18(22)23/h3-10H,1-2H3,(H,22,23). The Hall–Kier alpha value is -2.44. The number of thiocarbonyl (C=S) groups is 1. The number of hydrogen-bond donors (Lipinski definition) is 1. The third-order valence-corrected chi connectivity index (χ3v) is 5.17. The van der Waals surface area contributed by atoms with Gasteiger partial charge in [-0.25, -0.2) is 4.79 Å². The molecule has 1 heterocycles. The summed E-state index contributed by atoms with van der Waals surface area (Å²) in [6.45, 7) is 3.92. The predicted molar refractivity (Wildman–Crippen MR) is 105 cm³/mol. The maximum Gasteiger partial charge on any atom is 0.336 e. The van der Waals surface area contributed by atoms with Crippen LogP contribution in [0, 0.1) is 13.8 Å². The Bertz CT molecular complexity index is 934. The molecular weight excluding hydrogens is 354 g/mol. The topological polar surface area (TPSA) is 57.6 Å². The number of carboxylic acid groups (broad SMARTS) is 1. The molecule has 2 aromatic rings. The van der Waals surface area contributed by atoms with Gasteiger partial charge in [-0.2, -0.15) is 0 Å². The van der Waals surface area contributed by atoms with Crippen molar-refractivity contribution in [3.05, 3.63) is 69.6 Å². The summed E-state index contributed by atoms with van der Waals surface area (Å²) in [4.78, 5) is 26.1. The minimum atomic E-state index is -1.03. The fraction of sp³-hybridized carbons (Fsp3) is 0.105. The van der Waals surface area contributed by atoms with Crippen molar-refractivity contribution < 1.29 is 14.7 Å². The molecule has 0 unspecified atom stereocenters. The predicted octanol–water partition coefficient (Wildman–Crippen LogP) is 4.41. The molecule has 0 aliphatic carbocycles. The summed E-state index contributed by atoms with van der Waals surface area (Å²) in [5.41, 5.74) is 3.46. The van der Waals surface area contributed by atoms with E-state index in [0.717, 1.165) is 16.8 Å². The van der Waals surface area contributed by atoms with E-state index in [1.807, 2.05) is 32.0 Å². The first kappa shape index (κ1) is 17.4. The molecule has 25 heavy (non-hydrogen) atoms. The average molecular weight is 369 g/mol. The summed E-state index contributed by atoms with van der Waals surface area (Å²) in [6.07, 6.45) is 1.59. The second-order valence-corrected chi connectivity index (χ2v) is 7.38. The molecule has 4 nitrogen and oxygen atoms in total. The van der Waals surface area contributed by atoms with Gasteiger partial charge in [-0.3, -0.25) is 9.69 Å². The van der Waals surface area contributed by atoms with Crippen molar-refractivity contribution in [1.82, 2.24) is 0 Å². The van der Waals surface area contributed by atoms with Crippen molar-refractivity contribution in [1.29, 1.82) is 0 Å². The number of hydrogen-bond acceptors (Lipinski definition) is 4. The van der Waals surface area contributed by atoms with Crippen LogP contribution < -0.4 is 4.90 Å². The van der Waals surface area contributed by atoms with Crippen LogP contribution in [0.3, 0.4) is 0 Å². The summed E-state index contributed by atoms with van der Waals surface area (Å²) in [5.74, 6) is -1.26. The van der Waals surface area contributed by atoms with Gasteiger partial charge in [0.2, 0.25) is 0 Å². The first-order valence-electron chi connectivity index (χ1n) is 7.56. The smallest absolute Gasteiger partial charge is 0.336 e. The number of anilines is 1. The number of rotatable bonds is 3. The number of carboxylic acids is 1. The Morgan fingerprint density at radius 3 is 2.60 bits per heavy atom. The lowest BCUT2D eigenvalue weighted by atomic mass is 10.1. The van der Waals surface area contributed by atoms with Gasteiger partial charge in [0.15, 0.2) is 4.32 Å². The molecule has 2 aromatic carbocycles. The van der Waals surface area contributed by atoms with Crippen LogP contribution in [0.4, 0.5) is 5.69 Å². The van der Waals surface area contributed by atoms with Gasteiger partial charge in [0.25, 0.3) is 5.91 Å². The normalized spacial score (nSPS) is 15.9. The van der Waals surface area contributed by atoms with E-state index in [-0.39, 0.29) is 11.5 Å². The minimum Gasteiger partial charge on any atom is -0.478 e. The SMILES string of the molecule is Cc1ccc(N2C(=O)C(=Cc3ccccc3C(=O)O)SC2=S)c(C)c1. The van der Waals surface area contributed by atoms with E-state index in [1.165, 1.54) is 22.7 Å². The monoisotopic (exact) mass is 369 g/mol. The summed E-state index contributed by atoms with van der Waals surface area (Å²) >= 11 is 6.56. The van der Waals surface area contributed by atoms with Crippen LogP contribution in [0.15, 0.2) is 47.4 Å². The Kier molecular flexibility index (Phi) is 4.74. The fourth-order valence-corrected chi connectivity index (χ4v) is 3.97. The third kappa shape index (κ3) is 3.36. The second-order valence-electron chi connectivity index (χ2n) is 5.70. The van der Waals surface area contributed by atoms with Crippen LogP contribution in [0.5, 0.6) is 0 Å². The Morgan fingerprint density at radius 2 is 1.92 bits per heavy atom. The van der Waals surface area contributed by atoms with Crippen LogP contribution in [-0.4, -0.2) is 21.3 Å². The van der Waals surface area contributed by atoms with Crippen LogP contribution in [-0.2, 0) is 4.79 Å². The molecule has 0 aromatic heterocycles. The molecule has 126 valence electrons. The van der Waals surface area contributed by atoms with E-state index in [1.54, 1.807) is 24.3 Å². The highest BCUT2D eigenvalue weighted by Gasteiger charge is 2.34. The highest BCUT2D eigenvalue weighted by Crippen LogP contribution is 2.37. The van der Waals surface area contributed by atoms with Gasteiger partial charge in [-0.1, -0.05) is 59.9 Å². The van der Waals surface area contributed by atoms with Crippen LogP contribution in [0.2, 0.25) is 0 Å². The second kappa shape index (κ2) is 6.82. The Labute approximate surface area is 155 Å². The van der Waals surface area contributed by atoms with E-state index >= 15 is 0 Å². The summed E-state index contributed by atoms with van der Waals surface area (Å²) in [5, 5.41) is 9.29. The first-order valence-corrected chi connectivity index (χ1v) is 8.78. The number of aromatic carboxylic acids is 1. The van der Waals surface area contributed by atoms with Gasteiger partial charge in [-0.15, -0.1) is 0 Å². The molecule has 1 aliphatic rings. The van der Waals surface area contributed by atoms with Gasteiger partial charge in [0, 0.05) is 0 Å². The number of benzene rings is 2. The molecular formula is C19H15NO3S2. The van der Waals surface area contributed by atoms with Crippen molar-refractivity contribution >= 4 is 51.9 Å². The molecule has 1 fully saturated rings. The molecule has 0 spiro atoms. The number of carbonyl (C=O) groups is 2. The first-order chi connectivity index (χ1) is 11.9. The summed E-state index contributed by atoms with van der Waals surface area (Å²) in [7, 11) is 0. The van der Waals surface area contributed by atoms with E-state index in [2.05, 4.69) is 0 Å². The van der Waals surface area contributed by atoms with Gasteiger partial charge in [-0.05, 0) is 43.2 Å². The molecule has 6 heteroatoms. The van der Waals surface area contributed by atoms with Crippen LogP contribution >= 0.6 is 24.0 Å². The molecule has 3 rings (SSSR count). The van der Waals surface area contributed by atoms with Crippen molar-refractivity contribution in [3.63, 3.8) is 0 Å². The molecule has 0 radical (unpaired) electrons. The average Bonchev–Trinajstić information content (AvgIpc) is 2.82. The van der Waals surface area contributed by atoms with Crippen molar-refractivity contribution in [2.45, 2.75) is 13.8 Å². The fourth-order valence-electron chi connectivity index (χ4n) is 2.69. The molecule has 0 saturated carbocycles. The summed E-state index contributed by atoms with van der Waals surface area (Å²) in [6, 6.07) is 12.4. The highest BCUT2D eigenvalue weighted by molar-refractivity contribution is 8.27. The molecule has 0 bridgehead atoms. The number of amides is 1. The maximum absolute atomic E-state index is 12.8. The Morgan fingerprint density at radius 1 is 1.20 bits per heavy atom. The zero-order valence-corrected chi connectivity index (χ0v) is 15.3. The zero-order valence-electron chi connectivity index (χ0n) is 13.6. The Balaban J connectivity index is 2.01. The highest BCUT2D eigenvalue weighted by atomic mass is 32.2. The molecule has 1 N–H and O–H groups in total. The third-order valence-electron chi connectivity index (χ3n) is 3.86. The number of carbonyl (C=O) groups excluding carboxylic acids is 1. The van der Waals surface area contributed by atoms with Gasteiger partial charge < -0.3 is 5.11 Å². The number of nitrogens with zero attached hydrogens (tertiary/aromatic N) is 1. The lowest BCUT2D eigenvalue weighted by Gasteiger charge is -2.17. The maximum atomic E-state index is 12.8. The van der Waals surface area contributed by atoms with Crippen molar-refractivity contribution in [2.24, 2.45) is 0 Å². The lowest BCUT2D eigenvalue weighted by molar-refractivity contribution is -0.113. The number of aryl methyl sites for hydroxylation is 2. The van der Waals surface area contributed by atoms with Gasteiger partial charge >= 0.3 is 5.97 Å². The summed E-state index contributed by atoms with van der Waals surface area (Å²) < 4.78 is 0.441. The van der Waals surface area contributed by atoms with Gasteiger partial charge in [0.05, 0.1) is 16.2 Å². The zero-order chi connectivity index (χ0) is 18.1. The van der Waals surface area contributed by atoms with Crippen LogP contribution in [0.1, 0.15) is 27.0 Å².